The van der Waals surface area contributed by atoms with Crippen molar-refractivity contribution in [2.75, 3.05) is 11.9 Å². The van der Waals surface area contributed by atoms with Gasteiger partial charge in [0.1, 0.15) is 5.75 Å². The lowest BCUT2D eigenvalue weighted by Crippen LogP contribution is -2.17. The second-order valence-electron chi connectivity index (χ2n) is 3.83. The SMILES string of the molecule is FC(F)(F)Oc1cccc(NCCc2cccs2)c1. The molecule has 0 unspecified atom stereocenters. The first kappa shape index (κ1) is 13.7. The van der Waals surface area contributed by atoms with Crippen molar-refractivity contribution in [1.29, 1.82) is 0 Å². The summed E-state index contributed by atoms with van der Waals surface area (Å²) in [5.74, 6) is -0.214. The molecule has 0 radical (unpaired) electrons. The van der Waals surface area contributed by atoms with Crippen molar-refractivity contribution >= 4 is 17.0 Å². The van der Waals surface area contributed by atoms with Crippen molar-refractivity contribution in [2.24, 2.45) is 0 Å². The number of rotatable bonds is 5. The van der Waals surface area contributed by atoms with Gasteiger partial charge >= 0.3 is 6.36 Å². The number of nitrogens with one attached hydrogen (secondary N) is 1. The van der Waals surface area contributed by atoms with Gasteiger partial charge in [0.05, 0.1) is 0 Å². The zero-order valence-electron chi connectivity index (χ0n) is 9.91. The van der Waals surface area contributed by atoms with Crippen molar-refractivity contribution < 1.29 is 17.9 Å². The van der Waals surface area contributed by atoms with Crippen molar-refractivity contribution in [3.05, 3.63) is 46.7 Å². The van der Waals surface area contributed by atoms with Gasteiger partial charge in [-0.15, -0.1) is 24.5 Å². The maximum atomic E-state index is 12.1. The number of halogens is 3. The molecular formula is C13H12F3NOS. The molecule has 0 saturated carbocycles. The van der Waals surface area contributed by atoms with E-state index in [1.54, 1.807) is 17.4 Å². The maximum absolute atomic E-state index is 12.1. The Morgan fingerprint density at radius 3 is 2.68 bits per heavy atom. The topological polar surface area (TPSA) is 21.3 Å². The molecule has 2 nitrogen and oxygen atoms in total. The molecule has 2 aromatic rings. The van der Waals surface area contributed by atoms with Crippen LogP contribution in [-0.2, 0) is 6.42 Å². The molecule has 6 heteroatoms. The van der Waals surface area contributed by atoms with Crippen molar-refractivity contribution in [1.82, 2.24) is 0 Å². The van der Waals surface area contributed by atoms with Crippen molar-refractivity contribution in [3.63, 3.8) is 0 Å². The van der Waals surface area contributed by atoms with E-state index in [4.69, 9.17) is 0 Å². The second kappa shape index (κ2) is 5.97. The average molecular weight is 287 g/mol. The van der Waals surface area contributed by atoms with Crippen LogP contribution >= 0.6 is 11.3 Å². The highest BCUT2D eigenvalue weighted by molar-refractivity contribution is 7.09. The van der Waals surface area contributed by atoms with E-state index in [0.29, 0.717) is 12.2 Å². The predicted octanol–water partition coefficient (Wildman–Crippen LogP) is 4.30. The van der Waals surface area contributed by atoms with Gasteiger partial charge in [-0.1, -0.05) is 12.1 Å². The van der Waals surface area contributed by atoms with Gasteiger partial charge < -0.3 is 10.1 Å². The quantitative estimate of drug-likeness (QED) is 0.885. The summed E-state index contributed by atoms with van der Waals surface area (Å²) in [6.45, 7) is 0.663. The Morgan fingerprint density at radius 1 is 1.16 bits per heavy atom. The molecule has 0 spiro atoms. The molecule has 19 heavy (non-hydrogen) atoms. The summed E-state index contributed by atoms with van der Waals surface area (Å²) >= 11 is 1.66. The molecule has 1 aromatic carbocycles. The molecule has 1 heterocycles. The van der Waals surface area contributed by atoms with Gasteiger partial charge in [-0.2, -0.15) is 0 Å². The minimum absolute atomic E-state index is 0.214. The summed E-state index contributed by atoms with van der Waals surface area (Å²) in [7, 11) is 0. The lowest BCUT2D eigenvalue weighted by Gasteiger charge is -2.11. The van der Waals surface area contributed by atoms with Crippen LogP contribution in [0.1, 0.15) is 4.88 Å². The standard InChI is InChI=1S/C13H12F3NOS/c14-13(15,16)18-11-4-1-3-10(9-11)17-7-6-12-5-2-8-19-12/h1-5,8-9,17H,6-7H2. The van der Waals surface area contributed by atoms with Crippen LogP contribution in [-0.4, -0.2) is 12.9 Å². The Morgan fingerprint density at radius 2 is 2.00 bits per heavy atom. The Hall–Kier alpha value is -1.69. The lowest BCUT2D eigenvalue weighted by molar-refractivity contribution is -0.274. The Bertz CT molecular complexity index is 511. The number of benzene rings is 1. The summed E-state index contributed by atoms with van der Waals surface area (Å²) < 4.78 is 40.1. The minimum atomic E-state index is -4.66. The highest BCUT2D eigenvalue weighted by atomic mass is 32.1. The van der Waals surface area contributed by atoms with Crippen molar-refractivity contribution in [2.45, 2.75) is 12.8 Å². The summed E-state index contributed by atoms with van der Waals surface area (Å²) in [5, 5.41) is 5.06. The van der Waals surface area contributed by atoms with Crippen LogP contribution in [0.15, 0.2) is 41.8 Å². The third-order valence-corrected chi connectivity index (χ3v) is 3.28. The van der Waals surface area contributed by atoms with Gasteiger partial charge in [0.15, 0.2) is 0 Å². The van der Waals surface area contributed by atoms with E-state index in [2.05, 4.69) is 10.1 Å². The minimum Gasteiger partial charge on any atom is -0.406 e. The molecule has 0 aliphatic heterocycles. The lowest BCUT2D eigenvalue weighted by atomic mass is 10.3. The number of hydrogen-bond donors (Lipinski definition) is 1. The van der Waals surface area contributed by atoms with Gasteiger partial charge in [0.25, 0.3) is 0 Å². The molecule has 0 aliphatic carbocycles. The number of alkyl halides is 3. The second-order valence-corrected chi connectivity index (χ2v) is 4.86. The normalized spacial score (nSPS) is 11.3. The van der Waals surface area contributed by atoms with Crippen molar-refractivity contribution in [3.8, 4) is 5.75 Å². The van der Waals surface area contributed by atoms with Crippen LogP contribution in [0.3, 0.4) is 0 Å². The Kier molecular flexibility index (Phi) is 4.31. The molecule has 0 bridgehead atoms. The van der Waals surface area contributed by atoms with Crippen LogP contribution in [0.4, 0.5) is 18.9 Å². The summed E-state index contributed by atoms with van der Waals surface area (Å²) in [5.41, 5.74) is 0.610. The predicted molar refractivity (Wildman–Crippen MR) is 69.6 cm³/mol. The van der Waals surface area contributed by atoms with E-state index in [9.17, 15) is 13.2 Å². The van der Waals surface area contributed by atoms with Gasteiger partial charge in [0, 0.05) is 23.2 Å². The van der Waals surface area contributed by atoms with Gasteiger partial charge in [-0.05, 0) is 30.0 Å². The molecule has 2 rings (SSSR count). The molecule has 0 atom stereocenters. The van der Waals surface area contributed by atoms with E-state index in [-0.39, 0.29) is 5.75 Å². The largest absolute Gasteiger partial charge is 0.573 e. The van der Waals surface area contributed by atoms with Gasteiger partial charge in [-0.25, -0.2) is 0 Å². The first-order valence-corrected chi connectivity index (χ1v) is 6.53. The van der Waals surface area contributed by atoms with E-state index in [0.717, 1.165) is 6.42 Å². The van der Waals surface area contributed by atoms with E-state index >= 15 is 0 Å². The van der Waals surface area contributed by atoms with Crippen LogP contribution in [0.25, 0.3) is 0 Å². The third kappa shape index (κ3) is 4.82. The van der Waals surface area contributed by atoms with E-state index in [1.165, 1.54) is 23.1 Å². The summed E-state index contributed by atoms with van der Waals surface area (Å²) in [6.07, 6.45) is -3.82. The fourth-order valence-electron chi connectivity index (χ4n) is 1.59. The number of ether oxygens (including phenoxy) is 1. The first-order chi connectivity index (χ1) is 9.03. The highest BCUT2D eigenvalue weighted by Gasteiger charge is 2.31. The van der Waals surface area contributed by atoms with E-state index in [1.807, 2.05) is 17.5 Å². The first-order valence-electron chi connectivity index (χ1n) is 5.65. The maximum Gasteiger partial charge on any atom is 0.573 e. The molecule has 0 aliphatic rings. The number of hydrogen-bond acceptors (Lipinski definition) is 3. The Labute approximate surface area is 112 Å². The van der Waals surface area contributed by atoms with Gasteiger partial charge in [-0.3, -0.25) is 0 Å². The molecule has 102 valence electrons. The van der Waals surface area contributed by atoms with Crippen LogP contribution in [0, 0.1) is 0 Å². The molecule has 1 aromatic heterocycles. The number of anilines is 1. The van der Waals surface area contributed by atoms with E-state index < -0.39 is 6.36 Å². The molecular weight excluding hydrogens is 275 g/mol. The number of thiophene rings is 1. The molecule has 0 amide bonds. The zero-order chi connectivity index (χ0) is 13.7. The monoisotopic (exact) mass is 287 g/mol. The average Bonchev–Trinajstić information content (AvgIpc) is 2.80. The highest BCUT2D eigenvalue weighted by Crippen LogP contribution is 2.25. The van der Waals surface area contributed by atoms with Gasteiger partial charge in [0.2, 0.25) is 0 Å². The molecule has 1 N–H and O–H groups in total. The summed E-state index contributed by atoms with van der Waals surface area (Å²) in [4.78, 5) is 1.23. The van der Waals surface area contributed by atoms with Crippen LogP contribution in [0.2, 0.25) is 0 Å². The fourth-order valence-corrected chi connectivity index (χ4v) is 2.30. The molecule has 0 fully saturated rings. The fraction of sp³-hybridized carbons (Fsp3) is 0.231. The smallest absolute Gasteiger partial charge is 0.406 e. The van der Waals surface area contributed by atoms with Crippen LogP contribution in [0.5, 0.6) is 5.75 Å². The molecule has 0 saturated heterocycles. The van der Waals surface area contributed by atoms with Crippen LogP contribution < -0.4 is 10.1 Å². The third-order valence-electron chi connectivity index (χ3n) is 2.35. The zero-order valence-corrected chi connectivity index (χ0v) is 10.7. The Balaban J connectivity index is 1.88. The summed E-state index contributed by atoms with van der Waals surface area (Å²) in [6, 6.07) is 9.83.